The van der Waals surface area contributed by atoms with Crippen molar-refractivity contribution in [3.63, 3.8) is 0 Å². The molecule has 0 saturated carbocycles. The Kier molecular flexibility index (Phi) is 5.21. The van der Waals surface area contributed by atoms with Gasteiger partial charge in [0.25, 0.3) is 0 Å². The molecule has 2 atom stereocenters. The average Bonchev–Trinajstić information content (AvgIpc) is 3.34. The summed E-state index contributed by atoms with van der Waals surface area (Å²) in [5.41, 5.74) is 3.27. The van der Waals surface area contributed by atoms with Gasteiger partial charge in [0.2, 0.25) is 0 Å². The molecular formula is C22H25N3O3. The highest BCUT2D eigenvalue weighted by Gasteiger charge is 2.34. The second-order valence-electron chi connectivity index (χ2n) is 7.01. The van der Waals surface area contributed by atoms with Crippen molar-refractivity contribution in [2.45, 2.75) is 12.6 Å². The van der Waals surface area contributed by atoms with Gasteiger partial charge < -0.3 is 14.2 Å². The van der Waals surface area contributed by atoms with E-state index in [9.17, 15) is 0 Å². The fourth-order valence-corrected chi connectivity index (χ4v) is 3.34. The van der Waals surface area contributed by atoms with Crippen molar-refractivity contribution in [3.8, 4) is 28.4 Å². The summed E-state index contributed by atoms with van der Waals surface area (Å²) in [4.78, 5) is 2.38. The van der Waals surface area contributed by atoms with Gasteiger partial charge in [-0.2, -0.15) is 5.10 Å². The minimum absolute atomic E-state index is 0.438. The van der Waals surface area contributed by atoms with Crippen LogP contribution in [0.15, 0.2) is 54.9 Å². The minimum atomic E-state index is 0.438. The number of ether oxygens (including phenoxy) is 3. The van der Waals surface area contributed by atoms with Crippen molar-refractivity contribution in [2.24, 2.45) is 7.05 Å². The number of hydrogen-bond acceptors (Lipinski definition) is 5. The molecule has 0 aliphatic carbocycles. The van der Waals surface area contributed by atoms with Gasteiger partial charge in [0, 0.05) is 43.5 Å². The lowest BCUT2D eigenvalue weighted by molar-refractivity contribution is 0.294. The molecule has 1 aliphatic rings. The van der Waals surface area contributed by atoms with E-state index in [0.717, 1.165) is 41.5 Å². The molecule has 6 nitrogen and oxygen atoms in total. The molecule has 2 unspecified atom stereocenters. The molecule has 0 N–H and O–H groups in total. The normalized spacial score (nSPS) is 18.0. The van der Waals surface area contributed by atoms with Crippen LogP contribution in [0.1, 0.15) is 5.56 Å². The monoisotopic (exact) mass is 379 g/mol. The average molecular weight is 379 g/mol. The standard InChI is InChI=1S/C22H25N3O3/c1-24-12-16(11-23-24)13-25-14-18(25)15-28-22-7-5-4-6-21(22)17-8-19(26-2)10-20(9-17)27-3/h4-12,18H,13-15H2,1-3H3. The lowest BCUT2D eigenvalue weighted by Gasteiger charge is -2.13. The number of rotatable bonds is 8. The van der Waals surface area contributed by atoms with E-state index >= 15 is 0 Å². The second-order valence-corrected chi connectivity index (χ2v) is 7.01. The zero-order valence-electron chi connectivity index (χ0n) is 16.5. The third kappa shape index (κ3) is 4.12. The molecule has 0 amide bonds. The largest absolute Gasteiger partial charge is 0.497 e. The van der Waals surface area contributed by atoms with Gasteiger partial charge in [-0.3, -0.25) is 9.58 Å². The molecular weight excluding hydrogens is 354 g/mol. The molecule has 2 aromatic carbocycles. The Morgan fingerprint density at radius 3 is 2.50 bits per heavy atom. The Morgan fingerprint density at radius 1 is 1.07 bits per heavy atom. The molecule has 0 bridgehead atoms. The Hall–Kier alpha value is -2.99. The maximum atomic E-state index is 6.19. The number of aromatic nitrogens is 2. The number of benzene rings is 2. The number of nitrogens with zero attached hydrogens (tertiary/aromatic N) is 3. The lowest BCUT2D eigenvalue weighted by atomic mass is 10.0. The Bertz CT molecular complexity index is 931. The van der Waals surface area contributed by atoms with Crippen LogP contribution in [0.5, 0.6) is 17.2 Å². The van der Waals surface area contributed by atoms with E-state index in [-0.39, 0.29) is 0 Å². The summed E-state index contributed by atoms with van der Waals surface area (Å²) in [5.74, 6) is 2.38. The van der Waals surface area contributed by atoms with Crippen LogP contribution in [-0.2, 0) is 13.6 Å². The quantitative estimate of drug-likeness (QED) is 0.562. The molecule has 1 fully saturated rings. The van der Waals surface area contributed by atoms with Crippen LogP contribution in [-0.4, -0.2) is 48.1 Å². The van der Waals surface area contributed by atoms with Crippen molar-refractivity contribution in [2.75, 3.05) is 27.4 Å². The minimum Gasteiger partial charge on any atom is -0.497 e. The maximum Gasteiger partial charge on any atom is 0.127 e. The van der Waals surface area contributed by atoms with Crippen LogP contribution < -0.4 is 14.2 Å². The van der Waals surface area contributed by atoms with Crippen LogP contribution >= 0.6 is 0 Å². The molecule has 28 heavy (non-hydrogen) atoms. The molecule has 3 aromatic rings. The highest BCUT2D eigenvalue weighted by Crippen LogP contribution is 2.35. The summed E-state index contributed by atoms with van der Waals surface area (Å²) in [6.07, 6.45) is 3.98. The number of aryl methyl sites for hydroxylation is 1. The van der Waals surface area contributed by atoms with E-state index in [4.69, 9.17) is 14.2 Å². The Labute approximate surface area is 165 Å². The van der Waals surface area contributed by atoms with E-state index in [2.05, 4.69) is 22.3 Å². The van der Waals surface area contributed by atoms with Gasteiger partial charge in [0.05, 0.1) is 26.5 Å². The summed E-state index contributed by atoms with van der Waals surface area (Å²) in [7, 11) is 5.26. The van der Waals surface area contributed by atoms with Crippen molar-refractivity contribution in [1.29, 1.82) is 0 Å². The van der Waals surface area contributed by atoms with Crippen LogP contribution in [0.2, 0.25) is 0 Å². The fraction of sp³-hybridized carbons (Fsp3) is 0.318. The third-order valence-corrected chi connectivity index (χ3v) is 4.95. The first kappa shape index (κ1) is 18.4. The molecule has 6 heteroatoms. The Balaban J connectivity index is 1.44. The van der Waals surface area contributed by atoms with Crippen LogP contribution in [0.4, 0.5) is 0 Å². The highest BCUT2D eigenvalue weighted by molar-refractivity contribution is 5.73. The van der Waals surface area contributed by atoms with Gasteiger partial charge in [0.1, 0.15) is 23.9 Å². The molecule has 0 spiro atoms. The van der Waals surface area contributed by atoms with Crippen LogP contribution in [0.25, 0.3) is 11.1 Å². The van der Waals surface area contributed by atoms with Crippen molar-refractivity contribution >= 4 is 0 Å². The predicted molar refractivity (Wildman–Crippen MR) is 108 cm³/mol. The summed E-state index contributed by atoms with van der Waals surface area (Å²) in [6, 6.07) is 14.4. The van der Waals surface area contributed by atoms with E-state index in [1.165, 1.54) is 5.56 Å². The summed E-state index contributed by atoms with van der Waals surface area (Å²) in [6.45, 7) is 2.62. The first-order chi connectivity index (χ1) is 13.7. The molecule has 2 heterocycles. The molecule has 1 aliphatic heterocycles. The van der Waals surface area contributed by atoms with E-state index in [1.54, 1.807) is 14.2 Å². The van der Waals surface area contributed by atoms with Crippen LogP contribution in [0.3, 0.4) is 0 Å². The van der Waals surface area contributed by atoms with Gasteiger partial charge in [-0.05, 0) is 23.8 Å². The smallest absolute Gasteiger partial charge is 0.127 e. The first-order valence-electron chi connectivity index (χ1n) is 9.33. The first-order valence-corrected chi connectivity index (χ1v) is 9.33. The second kappa shape index (κ2) is 7.94. The third-order valence-electron chi connectivity index (χ3n) is 4.95. The van der Waals surface area contributed by atoms with Crippen molar-refractivity contribution in [3.05, 3.63) is 60.4 Å². The van der Waals surface area contributed by atoms with Gasteiger partial charge in [-0.15, -0.1) is 0 Å². The zero-order chi connectivity index (χ0) is 19.5. The molecule has 4 rings (SSSR count). The number of methoxy groups -OCH3 is 2. The fourth-order valence-electron chi connectivity index (χ4n) is 3.34. The van der Waals surface area contributed by atoms with Crippen LogP contribution in [0, 0.1) is 0 Å². The zero-order valence-corrected chi connectivity index (χ0v) is 16.5. The van der Waals surface area contributed by atoms with Crippen molar-refractivity contribution in [1.82, 2.24) is 14.7 Å². The van der Waals surface area contributed by atoms with Gasteiger partial charge in [0.15, 0.2) is 0 Å². The summed E-state index contributed by atoms with van der Waals surface area (Å²) >= 11 is 0. The number of hydrogen-bond donors (Lipinski definition) is 0. The topological polar surface area (TPSA) is 48.5 Å². The maximum absolute atomic E-state index is 6.19. The number of para-hydroxylation sites is 1. The summed E-state index contributed by atoms with van der Waals surface area (Å²) in [5, 5.41) is 4.23. The van der Waals surface area contributed by atoms with Gasteiger partial charge in [-0.25, -0.2) is 0 Å². The Morgan fingerprint density at radius 2 is 1.82 bits per heavy atom. The van der Waals surface area contributed by atoms with E-state index in [0.29, 0.717) is 12.6 Å². The van der Waals surface area contributed by atoms with E-state index < -0.39 is 0 Å². The van der Waals surface area contributed by atoms with Gasteiger partial charge in [-0.1, -0.05) is 18.2 Å². The molecule has 1 saturated heterocycles. The molecule has 0 radical (unpaired) electrons. The SMILES string of the molecule is COc1cc(OC)cc(-c2ccccc2OCC2CN2Cc2cnn(C)c2)c1. The van der Waals surface area contributed by atoms with Gasteiger partial charge >= 0.3 is 0 Å². The summed E-state index contributed by atoms with van der Waals surface area (Å²) < 4.78 is 18.8. The molecule has 1 aromatic heterocycles. The van der Waals surface area contributed by atoms with E-state index in [1.807, 2.05) is 54.3 Å². The van der Waals surface area contributed by atoms with Crippen molar-refractivity contribution < 1.29 is 14.2 Å². The lowest BCUT2D eigenvalue weighted by Crippen LogP contribution is -2.11. The highest BCUT2D eigenvalue weighted by atomic mass is 16.5. The predicted octanol–water partition coefficient (Wildman–Crippen LogP) is 3.37. The molecule has 146 valence electrons.